The molecule has 3 nitrogen and oxygen atoms in total. The lowest BCUT2D eigenvalue weighted by Gasteiger charge is -2.37. The third-order valence-corrected chi connectivity index (χ3v) is 2.88. The van der Waals surface area contributed by atoms with E-state index in [1.807, 2.05) is 0 Å². The second kappa shape index (κ2) is 2.73. The third-order valence-electron chi connectivity index (χ3n) is 2.88. The number of hydrogen-bond acceptors (Lipinski definition) is 3. The van der Waals surface area contributed by atoms with Crippen molar-refractivity contribution in [2.75, 3.05) is 26.2 Å². The fraction of sp³-hybridized carbons (Fsp3) is 1.00. The molecule has 0 aliphatic carbocycles. The highest BCUT2D eigenvalue weighted by Gasteiger charge is 2.42. The highest BCUT2D eigenvalue weighted by molar-refractivity contribution is 5.00. The number of nitrogens with one attached hydrogen (secondary N) is 2. The van der Waals surface area contributed by atoms with Crippen LogP contribution in [0.15, 0.2) is 0 Å². The van der Waals surface area contributed by atoms with Gasteiger partial charge >= 0.3 is 0 Å². The molecule has 0 amide bonds. The van der Waals surface area contributed by atoms with Crippen molar-refractivity contribution in [3.05, 3.63) is 0 Å². The lowest BCUT2D eigenvalue weighted by Crippen LogP contribution is -2.55. The highest BCUT2D eigenvalue weighted by atomic mass is 16.5. The summed E-state index contributed by atoms with van der Waals surface area (Å²) in [6.45, 7) is 6.20. The van der Waals surface area contributed by atoms with Crippen LogP contribution in [0.3, 0.4) is 0 Å². The Morgan fingerprint density at radius 2 is 2.36 bits per heavy atom. The molecule has 2 aliphatic heterocycles. The van der Waals surface area contributed by atoms with E-state index in [-0.39, 0.29) is 5.60 Å². The third kappa shape index (κ3) is 1.17. The first-order chi connectivity index (χ1) is 5.33. The number of ether oxygens (including phenoxy) is 1. The first-order valence-corrected chi connectivity index (χ1v) is 4.42. The number of morpholine rings is 1. The van der Waals surface area contributed by atoms with Gasteiger partial charge in [-0.05, 0) is 19.9 Å². The van der Waals surface area contributed by atoms with Gasteiger partial charge in [0.25, 0.3) is 0 Å². The second-order valence-electron chi connectivity index (χ2n) is 3.52. The van der Waals surface area contributed by atoms with Gasteiger partial charge in [0.1, 0.15) is 0 Å². The van der Waals surface area contributed by atoms with Gasteiger partial charge in [0.2, 0.25) is 0 Å². The summed E-state index contributed by atoms with van der Waals surface area (Å²) in [5.74, 6) is 0. The summed E-state index contributed by atoms with van der Waals surface area (Å²) in [5.41, 5.74) is 0.109. The Kier molecular flexibility index (Phi) is 1.87. The minimum atomic E-state index is 0.109. The zero-order valence-electron chi connectivity index (χ0n) is 7.02. The molecular formula is C8H16N2O. The molecule has 0 bridgehead atoms. The van der Waals surface area contributed by atoms with Crippen molar-refractivity contribution in [3.63, 3.8) is 0 Å². The maximum absolute atomic E-state index is 5.81. The average molecular weight is 156 g/mol. The van der Waals surface area contributed by atoms with Crippen LogP contribution in [0.5, 0.6) is 0 Å². The van der Waals surface area contributed by atoms with Gasteiger partial charge in [0, 0.05) is 19.1 Å². The minimum absolute atomic E-state index is 0.109. The van der Waals surface area contributed by atoms with E-state index in [0.717, 1.165) is 32.7 Å². The fourth-order valence-corrected chi connectivity index (χ4v) is 2.02. The van der Waals surface area contributed by atoms with Gasteiger partial charge in [-0.15, -0.1) is 0 Å². The predicted octanol–water partition coefficient (Wildman–Crippen LogP) is -0.273. The normalized spacial score (nSPS) is 45.0. The van der Waals surface area contributed by atoms with E-state index in [4.69, 9.17) is 4.74 Å². The van der Waals surface area contributed by atoms with Crippen molar-refractivity contribution in [3.8, 4) is 0 Å². The van der Waals surface area contributed by atoms with E-state index in [2.05, 4.69) is 17.6 Å². The topological polar surface area (TPSA) is 33.3 Å². The summed E-state index contributed by atoms with van der Waals surface area (Å²) in [7, 11) is 0. The second-order valence-corrected chi connectivity index (χ2v) is 3.52. The molecular weight excluding hydrogens is 140 g/mol. The van der Waals surface area contributed by atoms with E-state index in [1.165, 1.54) is 0 Å². The minimum Gasteiger partial charge on any atom is -0.371 e. The van der Waals surface area contributed by atoms with Crippen molar-refractivity contribution in [2.45, 2.75) is 25.0 Å². The monoisotopic (exact) mass is 156 g/mol. The Bertz CT molecular complexity index is 143. The van der Waals surface area contributed by atoms with Crippen LogP contribution >= 0.6 is 0 Å². The van der Waals surface area contributed by atoms with Crippen LogP contribution in [0.25, 0.3) is 0 Å². The van der Waals surface area contributed by atoms with Crippen molar-refractivity contribution in [1.82, 2.24) is 10.6 Å². The number of rotatable bonds is 0. The lowest BCUT2D eigenvalue weighted by atomic mass is 9.94. The predicted molar refractivity (Wildman–Crippen MR) is 43.6 cm³/mol. The Labute approximate surface area is 67.5 Å². The van der Waals surface area contributed by atoms with Crippen LogP contribution in [0.4, 0.5) is 0 Å². The Morgan fingerprint density at radius 1 is 1.45 bits per heavy atom. The molecule has 0 radical (unpaired) electrons. The molecule has 2 fully saturated rings. The van der Waals surface area contributed by atoms with Gasteiger partial charge < -0.3 is 15.4 Å². The highest BCUT2D eigenvalue weighted by Crippen LogP contribution is 2.26. The molecule has 2 saturated heterocycles. The summed E-state index contributed by atoms with van der Waals surface area (Å²) in [6, 6.07) is 0.510. The largest absolute Gasteiger partial charge is 0.371 e. The molecule has 2 aliphatic rings. The standard InChI is InChI=1S/C8H16N2O/c1-7-8(2-3-10-7)6-9-4-5-11-8/h7,9-10H,2-6H2,1H3. The maximum atomic E-state index is 5.81. The molecule has 0 aromatic carbocycles. The van der Waals surface area contributed by atoms with Crippen molar-refractivity contribution >= 4 is 0 Å². The lowest BCUT2D eigenvalue weighted by molar-refractivity contribution is -0.0693. The zero-order chi connectivity index (χ0) is 7.73. The van der Waals surface area contributed by atoms with Gasteiger partial charge in [0.15, 0.2) is 0 Å². The van der Waals surface area contributed by atoms with Crippen molar-refractivity contribution < 1.29 is 4.74 Å². The number of hydrogen-bond donors (Lipinski definition) is 2. The van der Waals surface area contributed by atoms with E-state index >= 15 is 0 Å². The SMILES string of the molecule is CC1NCCC12CNCCO2. The summed E-state index contributed by atoms with van der Waals surface area (Å²) in [6.07, 6.45) is 1.15. The van der Waals surface area contributed by atoms with Gasteiger partial charge in [-0.3, -0.25) is 0 Å². The average Bonchev–Trinajstić information content (AvgIpc) is 2.36. The van der Waals surface area contributed by atoms with Gasteiger partial charge in [-0.25, -0.2) is 0 Å². The first-order valence-electron chi connectivity index (χ1n) is 4.42. The Balaban J connectivity index is 2.06. The molecule has 2 N–H and O–H groups in total. The summed E-state index contributed by atoms with van der Waals surface area (Å²) >= 11 is 0. The summed E-state index contributed by atoms with van der Waals surface area (Å²) in [5, 5.41) is 6.80. The molecule has 2 atom stereocenters. The van der Waals surface area contributed by atoms with Crippen LogP contribution in [-0.4, -0.2) is 37.9 Å². The van der Waals surface area contributed by atoms with Crippen LogP contribution in [0.1, 0.15) is 13.3 Å². The van der Waals surface area contributed by atoms with Crippen LogP contribution < -0.4 is 10.6 Å². The molecule has 0 aromatic heterocycles. The molecule has 1 spiro atoms. The van der Waals surface area contributed by atoms with Crippen LogP contribution in [0.2, 0.25) is 0 Å². The van der Waals surface area contributed by atoms with Crippen molar-refractivity contribution in [2.24, 2.45) is 0 Å². The van der Waals surface area contributed by atoms with Gasteiger partial charge in [0.05, 0.1) is 12.2 Å². The molecule has 2 rings (SSSR count). The van der Waals surface area contributed by atoms with Gasteiger partial charge in [-0.2, -0.15) is 0 Å². The van der Waals surface area contributed by atoms with Crippen molar-refractivity contribution in [1.29, 1.82) is 0 Å². The first kappa shape index (κ1) is 7.53. The maximum Gasteiger partial charge on any atom is 0.0968 e. The molecule has 64 valence electrons. The van der Waals surface area contributed by atoms with E-state index < -0.39 is 0 Å². The molecule has 3 heteroatoms. The quantitative estimate of drug-likeness (QED) is 0.506. The molecule has 11 heavy (non-hydrogen) atoms. The van der Waals surface area contributed by atoms with E-state index in [1.54, 1.807) is 0 Å². The summed E-state index contributed by atoms with van der Waals surface area (Å²) in [4.78, 5) is 0. The molecule has 0 aromatic rings. The van der Waals surface area contributed by atoms with Gasteiger partial charge in [-0.1, -0.05) is 0 Å². The van der Waals surface area contributed by atoms with E-state index in [0.29, 0.717) is 6.04 Å². The smallest absolute Gasteiger partial charge is 0.0968 e. The Morgan fingerprint density at radius 3 is 2.91 bits per heavy atom. The molecule has 0 saturated carbocycles. The molecule has 2 heterocycles. The fourth-order valence-electron chi connectivity index (χ4n) is 2.02. The zero-order valence-corrected chi connectivity index (χ0v) is 7.02. The van der Waals surface area contributed by atoms with Crippen LogP contribution in [-0.2, 0) is 4.74 Å². The molecule has 2 unspecified atom stereocenters. The van der Waals surface area contributed by atoms with E-state index in [9.17, 15) is 0 Å². The Hall–Kier alpha value is -0.120. The summed E-state index contributed by atoms with van der Waals surface area (Å²) < 4.78 is 5.81. The van der Waals surface area contributed by atoms with Crippen LogP contribution in [0, 0.1) is 0 Å².